The van der Waals surface area contributed by atoms with E-state index in [1.807, 2.05) is 48.8 Å². The van der Waals surface area contributed by atoms with E-state index in [-0.39, 0.29) is 0 Å². The van der Waals surface area contributed by atoms with Crippen molar-refractivity contribution in [2.24, 2.45) is 4.99 Å². The van der Waals surface area contributed by atoms with E-state index in [9.17, 15) is 0 Å². The molecule has 3 nitrogen and oxygen atoms in total. The summed E-state index contributed by atoms with van der Waals surface area (Å²) in [4.78, 5) is 10.9. The van der Waals surface area contributed by atoms with Crippen LogP contribution in [-0.2, 0) is 6.54 Å². The van der Waals surface area contributed by atoms with Crippen LogP contribution in [0.3, 0.4) is 0 Å². The lowest BCUT2D eigenvalue weighted by Crippen LogP contribution is -2.27. The monoisotopic (exact) mass is 303 g/mol. The van der Waals surface area contributed by atoms with Crippen molar-refractivity contribution in [3.05, 3.63) is 59.4 Å². The van der Waals surface area contributed by atoms with Gasteiger partial charge < -0.3 is 4.90 Å². The molecule has 3 rings (SSSR count). The van der Waals surface area contributed by atoms with Gasteiger partial charge in [-0.05, 0) is 42.0 Å². The van der Waals surface area contributed by atoms with E-state index in [0.717, 1.165) is 34.7 Å². The van der Waals surface area contributed by atoms with Crippen molar-refractivity contribution < 1.29 is 0 Å². The van der Waals surface area contributed by atoms with Gasteiger partial charge in [0, 0.05) is 28.9 Å². The lowest BCUT2D eigenvalue weighted by molar-refractivity contribution is 1.00. The summed E-state index contributed by atoms with van der Waals surface area (Å²) in [5, 5.41) is 1.82. The van der Waals surface area contributed by atoms with Gasteiger partial charge in [-0.25, -0.2) is 0 Å². The smallest absolute Gasteiger partial charge is 0.164 e. The molecule has 0 atom stereocenters. The second-order valence-corrected chi connectivity index (χ2v) is 5.93. The van der Waals surface area contributed by atoms with E-state index in [1.165, 1.54) is 5.56 Å². The SMILES string of the molecule is Clc1ccc(N(Cc2ccncc2)C2=NCCS2)cc1. The Morgan fingerprint density at radius 2 is 1.85 bits per heavy atom. The first-order valence-electron chi connectivity index (χ1n) is 6.42. The van der Waals surface area contributed by atoms with E-state index in [2.05, 4.69) is 14.9 Å². The molecule has 1 aliphatic heterocycles. The molecule has 0 spiro atoms. The van der Waals surface area contributed by atoms with Crippen molar-refractivity contribution in [3.8, 4) is 0 Å². The van der Waals surface area contributed by atoms with Gasteiger partial charge in [0.2, 0.25) is 0 Å². The molecular formula is C15H14ClN3S. The number of pyridine rings is 1. The van der Waals surface area contributed by atoms with Crippen LogP contribution in [0.4, 0.5) is 5.69 Å². The molecule has 0 unspecified atom stereocenters. The number of amidine groups is 1. The quantitative estimate of drug-likeness (QED) is 0.862. The van der Waals surface area contributed by atoms with Crippen LogP contribution in [0.5, 0.6) is 0 Å². The zero-order valence-corrected chi connectivity index (χ0v) is 12.4. The first-order valence-corrected chi connectivity index (χ1v) is 7.78. The van der Waals surface area contributed by atoms with Gasteiger partial charge in [0.05, 0.1) is 13.1 Å². The first kappa shape index (κ1) is 13.5. The summed E-state index contributed by atoms with van der Waals surface area (Å²) in [5.74, 6) is 1.05. The molecule has 0 N–H and O–H groups in total. The molecular weight excluding hydrogens is 290 g/mol. The molecule has 1 aromatic heterocycles. The third-order valence-corrected chi connectivity index (χ3v) is 4.28. The van der Waals surface area contributed by atoms with E-state index < -0.39 is 0 Å². The number of hydrogen-bond donors (Lipinski definition) is 0. The van der Waals surface area contributed by atoms with E-state index >= 15 is 0 Å². The van der Waals surface area contributed by atoms with Crippen molar-refractivity contribution in [1.82, 2.24) is 4.98 Å². The van der Waals surface area contributed by atoms with Crippen LogP contribution in [0.15, 0.2) is 53.8 Å². The molecule has 0 amide bonds. The Balaban J connectivity index is 1.89. The van der Waals surface area contributed by atoms with Crippen molar-refractivity contribution in [2.45, 2.75) is 6.54 Å². The van der Waals surface area contributed by atoms with Gasteiger partial charge in [-0.3, -0.25) is 9.98 Å². The van der Waals surface area contributed by atoms with Gasteiger partial charge in [-0.1, -0.05) is 23.4 Å². The molecule has 2 aromatic rings. The number of hydrogen-bond acceptors (Lipinski definition) is 4. The fourth-order valence-corrected chi connectivity index (χ4v) is 3.05. The molecule has 1 aromatic carbocycles. The normalized spacial score (nSPS) is 14.2. The van der Waals surface area contributed by atoms with Crippen LogP contribution in [-0.4, -0.2) is 22.4 Å². The van der Waals surface area contributed by atoms with Crippen molar-refractivity contribution >= 4 is 34.2 Å². The molecule has 0 saturated heterocycles. The number of halogens is 1. The third kappa shape index (κ3) is 3.14. The Morgan fingerprint density at radius 3 is 2.50 bits per heavy atom. The Hall–Kier alpha value is -1.52. The average Bonchev–Trinajstić information content (AvgIpc) is 3.01. The molecule has 0 bridgehead atoms. The average molecular weight is 304 g/mol. The maximum atomic E-state index is 5.97. The number of anilines is 1. The second kappa shape index (κ2) is 6.29. The Kier molecular flexibility index (Phi) is 4.23. The maximum absolute atomic E-state index is 5.97. The molecule has 1 aliphatic rings. The van der Waals surface area contributed by atoms with Gasteiger partial charge in [-0.2, -0.15) is 0 Å². The minimum Gasteiger partial charge on any atom is -0.317 e. The highest BCUT2D eigenvalue weighted by molar-refractivity contribution is 8.14. The van der Waals surface area contributed by atoms with E-state index in [0.29, 0.717) is 0 Å². The van der Waals surface area contributed by atoms with E-state index in [1.54, 1.807) is 11.8 Å². The third-order valence-electron chi connectivity index (χ3n) is 3.03. The van der Waals surface area contributed by atoms with Crippen LogP contribution in [0.1, 0.15) is 5.56 Å². The highest BCUT2D eigenvalue weighted by Crippen LogP contribution is 2.26. The summed E-state index contributed by atoms with van der Waals surface area (Å²) in [6.07, 6.45) is 3.64. The lowest BCUT2D eigenvalue weighted by atomic mass is 10.2. The first-order chi connectivity index (χ1) is 9.83. The minimum absolute atomic E-state index is 0.749. The van der Waals surface area contributed by atoms with Crippen molar-refractivity contribution in [3.63, 3.8) is 0 Å². The summed E-state index contributed by atoms with van der Waals surface area (Å²) in [5.41, 5.74) is 2.32. The highest BCUT2D eigenvalue weighted by atomic mass is 35.5. The summed E-state index contributed by atoms with van der Waals surface area (Å²) in [6.45, 7) is 1.68. The number of aliphatic imine (C=N–C) groups is 1. The molecule has 0 saturated carbocycles. The van der Waals surface area contributed by atoms with Crippen molar-refractivity contribution in [2.75, 3.05) is 17.2 Å². The molecule has 2 heterocycles. The van der Waals surface area contributed by atoms with Crippen LogP contribution in [0.25, 0.3) is 0 Å². The predicted molar refractivity (Wildman–Crippen MR) is 86.6 cm³/mol. The minimum atomic E-state index is 0.749. The summed E-state index contributed by atoms with van der Waals surface area (Å²) >= 11 is 7.77. The number of nitrogens with zero attached hydrogens (tertiary/aromatic N) is 3. The number of thioether (sulfide) groups is 1. The van der Waals surface area contributed by atoms with Gasteiger partial charge in [0.1, 0.15) is 0 Å². The highest BCUT2D eigenvalue weighted by Gasteiger charge is 2.18. The second-order valence-electron chi connectivity index (χ2n) is 4.43. The summed E-state index contributed by atoms with van der Waals surface area (Å²) < 4.78 is 0. The Morgan fingerprint density at radius 1 is 1.10 bits per heavy atom. The predicted octanol–water partition coefficient (Wildman–Crippen LogP) is 3.84. The Labute approximate surface area is 127 Å². The van der Waals surface area contributed by atoms with Gasteiger partial charge in [0.25, 0.3) is 0 Å². The molecule has 102 valence electrons. The lowest BCUT2D eigenvalue weighted by Gasteiger charge is -2.24. The Bertz CT molecular complexity index is 598. The topological polar surface area (TPSA) is 28.5 Å². The standard InChI is InChI=1S/C15H14ClN3S/c16-13-1-3-14(4-2-13)19(15-18-9-10-20-15)11-12-5-7-17-8-6-12/h1-8H,9-11H2. The number of rotatable bonds is 3. The zero-order valence-electron chi connectivity index (χ0n) is 10.9. The molecule has 0 aliphatic carbocycles. The largest absolute Gasteiger partial charge is 0.317 e. The number of benzene rings is 1. The molecule has 20 heavy (non-hydrogen) atoms. The van der Waals surface area contributed by atoms with Crippen LogP contribution in [0, 0.1) is 0 Å². The summed E-state index contributed by atoms with van der Waals surface area (Å²) in [6, 6.07) is 12.0. The van der Waals surface area contributed by atoms with Crippen molar-refractivity contribution in [1.29, 1.82) is 0 Å². The molecule has 0 radical (unpaired) electrons. The fraction of sp³-hybridized carbons (Fsp3) is 0.200. The fourth-order valence-electron chi connectivity index (χ4n) is 2.05. The van der Waals surface area contributed by atoms with E-state index in [4.69, 9.17) is 11.6 Å². The zero-order chi connectivity index (χ0) is 13.8. The molecule has 0 fully saturated rings. The molecule has 5 heteroatoms. The summed E-state index contributed by atoms with van der Waals surface area (Å²) in [7, 11) is 0. The van der Waals surface area contributed by atoms with Crippen LogP contribution < -0.4 is 4.90 Å². The number of aromatic nitrogens is 1. The van der Waals surface area contributed by atoms with Crippen LogP contribution >= 0.6 is 23.4 Å². The van der Waals surface area contributed by atoms with Gasteiger partial charge in [-0.15, -0.1) is 0 Å². The van der Waals surface area contributed by atoms with Crippen LogP contribution in [0.2, 0.25) is 5.02 Å². The van der Waals surface area contributed by atoms with Gasteiger partial charge >= 0.3 is 0 Å². The maximum Gasteiger partial charge on any atom is 0.164 e. The van der Waals surface area contributed by atoms with Gasteiger partial charge in [0.15, 0.2) is 5.17 Å².